The molecular weight excluding hydrogens is 338 g/mol. The van der Waals surface area contributed by atoms with Gasteiger partial charge in [0.25, 0.3) is 0 Å². The lowest BCUT2D eigenvalue weighted by atomic mass is 9.99. The quantitative estimate of drug-likeness (QED) is 0.720. The molecule has 1 aliphatic heterocycles. The van der Waals surface area contributed by atoms with Crippen molar-refractivity contribution in [3.63, 3.8) is 0 Å². The number of nitrogens with zero attached hydrogens (tertiary/aromatic N) is 1. The maximum absolute atomic E-state index is 8.52. The molecule has 1 aliphatic rings. The maximum atomic E-state index is 8.52. The van der Waals surface area contributed by atoms with Crippen molar-refractivity contribution in [3.05, 3.63) is 39.0 Å². The Hall–Kier alpha value is -1.29. The zero-order chi connectivity index (χ0) is 16.9. The van der Waals surface area contributed by atoms with Crippen molar-refractivity contribution in [2.24, 2.45) is 0 Å². The van der Waals surface area contributed by atoms with Crippen LogP contribution in [0, 0.1) is 26.2 Å². The molecular formula is C18H28BrN3. The number of benzene rings is 1. The molecule has 3 nitrogen and oxygen atoms in total. The van der Waals surface area contributed by atoms with Crippen LogP contribution in [0.15, 0.2) is 22.3 Å². The molecule has 0 spiro atoms. The monoisotopic (exact) mass is 365 g/mol. The van der Waals surface area contributed by atoms with Gasteiger partial charge in [-0.15, -0.1) is 0 Å². The average molecular weight is 366 g/mol. The van der Waals surface area contributed by atoms with E-state index >= 15 is 0 Å². The van der Waals surface area contributed by atoms with Gasteiger partial charge in [-0.1, -0.05) is 31.5 Å². The minimum Gasteiger partial charge on any atom is -0.382 e. The Balaban J connectivity index is 0.00000116. The lowest BCUT2D eigenvalue weighted by Crippen LogP contribution is -2.38. The van der Waals surface area contributed by atoms with Crippen molar-refractivity contribution in [3.8, 4) is 0 Å². The second-order valence-corrected chi connectivity index (χ2v) is 6.19. The van der Waals surface area contributed by atoms with E-state index in [4.69, 9.17) is 5.41 Å². The predicted molar refractivity (Wildman–Crippen MR) is 101 cm³/mol. The van der Waals surface area contributed by atoms with E-state index in [-0.39, 0.29) is 0 Å². The molecule has 1 aromatic rings. The summed E-state index contributed by atoms with van der Waals surface area (Å²) in [7, 11) is 1.88. The average Bonchev–Trinajstić information content (AvgIpc) is 2.49. The number of rotatable bonds is 2. The summed E-state index contributed by atoms with van der Waals surface area (Å²) in [6, 6.07) is 4.39. The molecule has 2 rings (SSSR count). The molecule has 0 aliphatic carbocycles. The maximum Gasteiger partial charge on any atom is 0.131 e. The van der Waals surface area contributed by atoms with Crippen LogP contribution < -0.4 is 10.2 Å². The van der Waals surface area contributed by atoms with Gasteiger partial charge < -0.3 is 10.2 Å². The fraction of sp³-hybridized carbons (Fsp3) is 0.500. The zero-order valence-electron chi connectivity index (χ0n) is 14.6. The van der Waals surface area contributed by atoms with E-state index in [9.17, 15) is 0 Å². The van der Waals surface area contributed by atoms with Gasteiger partial charge in [0.1, 0.15) is 5.84 Å². The van der Waals surface area contributed by atoms with Gasteiger partial charge in [0.15, 0.2) is 0 Å². The third kappa shape index (κ3) is 3.92. The van der Waals surface area contributed by atoms with E-state index in [1.54, 1.807) is 0 Å². The van der Waals surface area contributed by atoms with Gasteiger partial charge in [-0.3, -0.25) is 5.41 Å². The van der Waals surface area contributed by atoms with E-state index < -0.39 is 0 Å². The van der Waals surface area contributed by atoms with Crippen LogP contribution in [0.5, 0.6) is 0 Å². The van der Waals surface area contributed by atoms with E-state index in [2.05, 4.69) is 59.1 Å². The Labute approximate surface area is 143 Å². The smallest absolute Gasteiger partial charge is 0.131 e. The number of aryl methyl sites for hydroxylation is 3. The molecule has 22 heavy (non-hydrogen) atoms. The van der Waals surface area contributed by atoms with E-state index in [1.165, 1.54) is 22.4 Å². The fourth-order valence-electron chi connectivity index (χ4n) is 2.99. The van der Waals surface area contributed by atoms with Crippen LogP contribution in [0.4, 0.5) is 5.69 Å². The van der Waals surface area contributed by atoms with Gasteiger partial charge in [-0.25, -0.2) is 0 Å². The number of hydrogen-bond donors (Lipinski definition) is 2. The molecule has 1 aromatic carbocycles. The SMILES string of the molecule is CC.CN/C(Br)=C1/CCCN(c2c(C)cc(C)cc2C)C1=N. The summed E-state index contributed by atoms with van der Waals surface area (Å²) in [5.41, 5.74) is 6.01. The molecule has 0 bridgehead atoms. The molecule has 1 fully saturated rings. The summed E-state index contributed by atoms with van der Waals surface area (Å²) in [5.74, 6) is 0.604. The molecule has 2 N–H and O–H groups in total. The topological polar surface area (TPSA) is 39.1 Å². The van der Waals surface area contributed by atoms with Gasteiger partial charge in [-0.05, 0) is 60.7 Å². The Bertz CT molecular complexity index is 553. The van der Waals surface area contributed by atoms with Crippen LogP contribution in [0.1, 0.15) is 43.4 Å². The Morgan fingerprint density at radius 3 is 2.23 bits per heavy atom. The largest absolute Gasteiger partial charge is 0.382 e. The normalized spacial score (nSPS) is 16.9. The molecule has 0 radical (unpaired) electrons. The molecule has 0 saturated carbocycles. The van der Waals surface area contributed by atoms with Gasteiger partial charge in [-0.2, -0.15) is 0 Å². The van der Waals surface area contributed by atoms with Crippen LogP contribution in [-0.2, 0) is 0 Å². The van der Waals surface area contributed by atoms with E-state index in [0.29, 0.717) is 5.84 Å². The second-order valence-electron chi connectivity index (χ2n) is 5.39. The van der Waals surface area contributed by atoms with Crippen LogP contribution in [0.3, 0.4) is 0 Å². The third-order valence-electron chi connectivity index (χ3n) is 3.75. The first kappa shape index (κ1) is 18.8. The Morgan fingerprint density at radius 2 is 1.73 bits per heavy atom. The number of amidine groups is 1. The minimum atomic E-state index is 0.604. The number of piperidine rings is 1. The van der Waals surface area contributed by atoms with Crippen molar-refractivity contribution in [2.45, 2.75) is 47.5 Å². The molecule has 0 unspecified atom stereocenters. The first-order valence-electron chi connectivity index (χ1n) is 7.96. The van der Waals surface area contributed by atoms with E-state index in [1.807, 2.05) is 20.9 Å². The van der Waals surface area contributed by atoms with Crippen LogP contribution in [0.2, 0.25) is 0 Å². The van der Waals surface area contributed by atoms with Gasteiger partial charge in [0.05, 0.1) is 4.61 Å². The van der Waals surface area contributed by atoms with Crippen molar-refractivity contribution in [1.82, 2.24) is 5.32 Å². The number of nitrogens with one attached hydrogen (secondary N) is 2. The van der Waals surface area contributed by atoms with Gasteiger partial charge in [0, 0.05) is 24.9 Å². The highest BCUT2D eigenvalue weighted by atomic mass is 79.9. The highest BCUT2D eigenvalue weighted by Crippen LogP contribution is 2.32. The van der Waals surface area contributed by atoms with Crippen LogP contribution in [0.25, 0.3) is 0 Å². The summed E-state index contributed by atoms with van der Waals surface area (Å²) in [6.45, 7) is 11.3. The summed E-state index contributed by atoms with van der Waals surface area (Å²) >= 11 is 3.53. The summed E-state index contributed by atoms with van der Waals surface area (Å²) in [4.78, 5) is 2.14. The van der Waals surface area contributed by atoms with E-state index in [0.717, 1.165) is 29.6 Å². The highest BCUT2D eigenvalue weighted by molar-refractivity contribution is 9.11. The first-order valence-corrected chi connectivity index (χ1v) is 8.75. The summed E-state index contributed by atoms with van der Waals surface area (Å²) in [6.07, 6.45) is 2.02. The predicted octanol–water partition coefficient (Wildman–Crippen LogP) is 5.04. The lowest BCUT2D eigenvalue weighted by molar-refractivity contribution is 0.773. The fourth-order valence-corrected chi connectivity index (χ4v) is 3.38. The molecule has 1 heterocycles. The standard InChI is InChI=1S/C16H22BrN3.C2H6/c1-10-8-11(2)14(12(3)9-10)20-7-5-6-13(16(20)18)15(17)19-4;1-2/h8-9,18-19H,5-7H2,1-4H3;1-2H3/b15-13-,18-16?;. The molecule has 4 heteroatoms. The number of hydrogen-bond acceptors (Lipinski definition) is 2. The molecule has 1 saturated heterocycles. The van der Waals surface area contributed by atoms with Gasteiger partial charge in [0.2, 0.25) is 0 Å². The molecule has 0 amide bonds. The lowest BCUT2D eigenvalue weighted by Gasteiger charge is -2.34. The number of halogens is 1. The van der Waals surface area contributed by atoms with Crippen LogP contribution in [-0.4, -0.2) is 19.4 Å². The number of anilines is 1. The van der Waals surface area contributed by atoms with Crippen molar-refractivity contribution >= 4 is 27.5 Å². The summed E-state index contributed by atoms with van der Waals surface area (Å²) in [5, 5.41) is 11.6. The van der Waals surface area contributed by atoms with Crippen molar-refractivity contribution < 1.29 is 0 Å². The molecule has 0 atom stereocenters. The summed E-state index contributed by atoms with van der Waals surface area (Å²) < 4.78 is 0.926. The second kappa shape index (κ2) is 8.37. The molecule has 0 aromatic heterocycles. The third-order valence-corrected chi connectivity index (χ3v) is 4.63. The van der Waals surface area contributed by atoms with Crippen molar-refractivity contribution in [1.29, 1.82) is 5.41 Å². The zero-order valence-corrected chi connectivity index (χ0v) is 16.2. The van der Waals surface area contributed by atoms with Gasteiger partial charge >= 0.3 is 0 Å². The Morgan fingerprint density at radius 1 is 1.18 bits per heavy atom. The minimum absolute atomic E-state index is 0.604. The Kier molecular flexibility index (Phi) is 7.14. The molecule has 122 valence electrons. The van der Waals surface area contributed by atoms with Crippen LogP contribution >= 0.6 is 15.9 Å². The highest BCUT2D eigenvalue weighted by Gasteiger charge is 2.25. The first-order chi connectivity index (χ1) is 10.5. The van der Waals surface area contributed by atoms with Crippen molar-refractivity contribution in [2.75, 3.05) is 18.5 Å².